The van der Waals surface area contributed by atoms with Gasteiger partial charge in [0.05, 0.1) is 0 Å². The zero-order valence-corrected chi connectivity index (χ0v) is 10.1. The number of hydrogen-bond acceptors (Lipinski definition) is 0. The molecule has 0 aliphatic rings. The fraction of sp³-hybridized carbons (Fsp3) is 0.176. The van der Waals surface area contributed by atoms with Gasteiger partial charge in [0.2, 0.25) is 0 Å². The van der Waals surface area contributed by atoms with E-state index in [-0.39, 0.29) is 0 Å². The number of hydrogen-bond donors (Lipinski definition) is 0. The lowest BCUT2D eigenvalue weighted by Crippen LogP contribution is -1.87. The summed E-state index contributed by atoms with van der Waals surface area (Å²) in [6.45, 7) is 4.16. The standard InChI is InChI=1S/C17H18/c1-15(17-13-6-3-7-14-17)9-8-12-16-10-4-2-5-11-16/h2-7,10-11,13-14H,1,8-9,12H2. The molecule has 0 fully saturated rings. The summed E-state index contributed by atoms with van der Waals surface area (Å²) in [5.41, 5.74) is 3.91. The molecule has 2 aromatic carbocycles. The van der Waals surface area contributed by atoms with Crippen LogP contribution in [0.3, 0.4) is 0 Å². The molecule has 0 N–H and O–H groups in total. The Morgan fingerprint density at radius 1 is 0.824 bits per heavy atom. The lowest BCUT2D eigenvalue weighted by Gasteiger charge is -2.05. The summed E-state index contributed by atoms with van der Waals surface area (Å²) in [6.07, 6.45) is 3.36. The maximum Gasteiger partial charge on any atom is -0.0230 e. The predicted octanol–water partition coefficient (Wildman–Crippen LogP) is 4.72. The average Bonchev–Trinajstić information content (AvgIpc) is 2.41. The molecule has 86 valence electrons. The van der Waals surface area contributed by atoms with Crippen LogP contribution < -0.4 is 0 Å². The van der Waals surface area contributed by atoms with Gasteiger partial charge in [-0.1, -0.05) is 67.2 Å². The van der Waals surface area contributed by atoms with Crippen LogP contribution in [0.1, 0.15) is 24.0 Å². The zero-order valence-electron chi connectivity index (χ0n) is 10.1. The molecule has 0 spiro atoms. The van der Waals surface area contributed by atoms with Gasteiger partial charge >= 0.3 is 0 Å². The predicted molar refractivity (Wildman–Crippen MR) is 74.9 cm³/mol. The van der Waals surface area contributed by atoms with Crippen molar-refractivity contribution in [3.05, 3.63) is 78.4 Å². The molecule has 0 heterocycles. The highest BCUT2D eigenvalue weighted by Gasteiger charge is 1.98. The summed E-state index contributed by atoms with van der Waals surface area (Å²) in [4.78, 5) is 0. The van der Waals surface area contributed by atoms with E-state index in [0.717, 1.165) is 19.3 Å². The van der Waals surface area contributed by atoms with Crippen molar-refractivity contribution in [3.63, 3.8) is 0 Å². The van der Waals surface area contributed by atoms with Crippen molar-refractivity contribution in [2.45, 2.75) is 19.3 Å². The number of aryl methyl sites for hydroxylation is 1. The normalized spacial score (nSPS) is 10.1. The van der Waals surface area contributed by atoms with E-state index in [1.54, 1.807) is 0 Å². The third kappa shape index (κ3) is 3.60. The van der Waals surface area contributed by atoms with Gasteiger partial charge < -0.3 is 0 Å². The molecule has 17 heavy (non-hydrogen) atoms. The van der Waals surface area contributed by atoms with Gasteiger partial charge in [-0.15, -0.1) is 0 Å². The molecule has 0 aliphatic carbocycles. The molecule has 0 bridgehead atoms. The SMILES string of the molecule is C=C(CCCc1ccccc1)c1ccccc1. The molecule has 0 heteroatoms. The lowest BCUT2D eigenvalue weighted by molar-refractivity contribution is 0.854. The van der Waals surface area contributed by atoms with Crippen LogP contribution in [0.25, 0.3) is 5.57 Å². The van der Waals surface area contributed by atoms with Crippen LogP contribution in [-0.4, -0.2) is 0 Å². The van der Waals surface area contributed by atoms with Crippen LogP contribution in [-0.2, 0) is 6.42 Å². The first-order valence-corrected chi connectivity index (χ1v) is 6.13. The van der Waals surface area contributed by atoms with Crippen molar-refractivity contribution in [1.82, 2.24) is 0 Å². The van der Waals surface area contributed by atoms with Crippen molar-refractivity contribution in [2.75, 3.05) is 0 Å². The monoisotopic (exact) mass is 222 g/mol. The van der Waals surface area contributed by atoms with Gasteiger partial charge in [0.15, 0.2) is 0 Å². The maximum absolute atomic E-state index is 4.16. The van der Waals surface area contributed by atoms with Crippen LogP contribution in [0.15, 0.2) is 67.2 Å². The molecule has 0 radical (unpaired) electrons. The minimum absolute atomic E-state index is 1.07. The molecule has 0 saturated carbocycles. The van der Waals surface area contributed by atoms with E-state index in [1.165, 1.54) is 16.7 Å². The topological polar surface area (TPSA) is 0 Å². The summed E-state index contributed by atoms with van der Waals surface area (Å²) >= 11 is 0. The molecule has 0 aliphatic heterocycles. The van der Waals surface area contributed by atoms with Gasteiger partial charge in [-0.3, -0.25) is 0 Å². The zero-order chi connectivity index (χ0) is 11.9. The van der Waals surface area contributed by atoms with E-state index in [9.17, 15) is 0 Å². The maximum atomic E-state index is 4.16. The molecule has 0 amide bonds. The highest BCUT2D eigenvalue weighted by Crippen LogP contribution is 2.18. The van der Waals surface area contributed by atoms with E-state index >= 15 is 0 Å². The van der Waals surface area contributed by atoms with Crippen LogP contribution >= 0.6 is 0 Å². The highest BCUT2D eigenvalue weighted by atomic mass is 14.0. The molecule has 2 rings (SSSR count). The van der Waals surface area contributed by atoms with Crippen LogP contribution in [0.5, 0.6) is 0 Å². The minimum Gasteiger partial charge on any atom is -0.0952 e. The summed E-state index contributed by atoms with van der Waals surface area (Å²) in [5, 5.41) is 0. The summed E-state index contributed by atoms with van der Waals surface area (Å²) in [7, 11) is 0. The van der Waals surface area contributed by atoms with Crippen molar-refractivity contribution in [2.24, 2.45) is 0 Å². The molecule has 0 unspecified atom stereocenters. The van der Waals surface area contributed by atoms with E-state index in [1.807, 2.05) is 6.07 Å². The Bertz CT molecular complexity index is 454. The van der Waals surface area contributed by atoms with Gasteiger partial charge in [-0.05, 0) is 36.0 Å². The third-order valence-electron chi connectivity index (χ3n) is 2.97. The molecular formula is C17H18. The fourth-order valence-corrected chi connectivity index (χ4v) is 1.97. The average molecular weight is 222 g/mol. The fourth-order valence-electron chi connectivity index (χ4n) is 1.97. The van der Waals surface area contributed by atoms with E-state index in [0.29, 0.717) is 0 Å². The van der Waals surface area contributed by atoms with Crippen LogP contribution in [0.4, 0.5) is 0 Å². The van der Waals surface area contributed by atoms with Gasteiger partial charge in [0.1, 0.15) is 0 Å². The number of rotatable bonds is 5. The third-order valence-corrected chi connectivity index (χ3v) is 2.97. The first kappa shape index (κ1) is 11.7. The van der Waals surface area contributed by atoms with Crippen molar-refractivity contribution >= 4 is 5.57 Å². The molecule has 0 atom stereocenters. The molecule has 2 aromatic rings. The Kier molecular flexibility index (Phi) is 4.15. The number of allylic oxidation sites excluding steroid dienone is 1. The van der Waals surface area contributed by atoms with Gasteiger partial charge in [0, 0.05) is 0 Å². The van der Waals surface area contributed by atoms with Crippen molar-refractivity contribution in [3.8, 4) is 0 Å². The van der Waals surface area contributed by atoms with Crippen molar-refractivity contribution < 1.29 is 0 Å². The van der Waals surface area contributed by atoms with Gasteiger partial charge in [-0.25, -0.2) is 0 Å². The summed E-state index contributed by atoms with van der Waals surface area (Å²) in [6, 6.07) is 21.1. The summed E-state index contributed by atoms with van der Waals surface area (Å²) < 4.78 is 0. The quantitative estimate of drug-likeness (QED) is 0.686. The first-order chi connectivity index (χ1) is 8.36. The molecular weight excluding hydrogens is 204 g/mol. The largest absolute Gasteiger partial charge is 0.0952 e. The van der Waals surface area contributed by atoms with E-state index in [2.05, 4.69) is 61.2 Å². The Morgan fingerprint density at radius 3 is 2.06 bits per heavy atom. The molecule has 0 saturated heterocycles. The Morgan fingerprint density at radius 2 is 1.41 bits per heavy atom. The highest BCUT2D eigenvalue weighted by molar-refractivity contribution is 5.62. The van der Waals surface area contributed by atoms with E-state index in [4.69, 9.17) is 0 Å². The Labute approximate surface area is 104 Å². The molecule has 0 aromatic heterocycles. The Hall–Kier alpha value is -1.82. The lowest BCUT2D eigenvalue weighted by atomic mass is 10.00. The minimum atomic E-state index is 1.07. The smallest absolute Gasteiger partial charge is 0.0230 e. The van der Waals surface area contributed by atoms with E-state index < -0.39 is 0 Å². The second-order valence-corrected chi connectivity index (χ2v) is 4.31. The second kappa shape index (κ2) is 6.05. The number of benzene rings is 2. The van der Waals surface area contributed by atoms with Crippen LogP contribution in [0, 0.1) is 0 Å². The van der Waals surface area contributed by atoms with Gasteiger partial charge in [0.25, 0.3) is 0 Å². The van der Waals surface area contributed by atoms with Gasteiger partial charge in [-0.2, -0.15) is 0 Å². The Balaban J connectivity index is 1.82. The molecule has 0 nitrogen and oxygen atoms in total. The van der Waals surface area contributed by atoms with Crippen molar-refractivity contribution in [1.29, 1.82) is 0 Å². The summed E-state index contributed by atoms with van der Waals surface area (Å²) in [5.74, 6) is 0. The van der Waals surface area contributed by atoms with Crippen LogP contribution in [0.2, 0.25) is 0 Å². The first-order valence-electron chi connectivity index (χ1n) is 6.13. The second-order valence-electron chi connectivity index (χ2n) is 4.31.